The first kappa shape index (κ1) is 93.2. The first-order valence-corrected chi connectivity index (χ1v) is 49.0. The summed E-state index contributed by atoms with van der Waals surface area (Å²) in [5, 5.41) is 12.9. The van der Waals surface area contributed by atoms with Crippen molar-refractivity contribution in [3.63, 3.8) is 0 Å². The highest BCUT2D eigenvalue weighted by molar-refractivity contribution is 7.89. The third-order valence-electron chi connectivity index (χ3n) is 25.7. The van der Waals surface area contributed by atoms with Gasteiger partial charge in [0.1, 0.15) is 36.1 Å². The van der Waals surface area contributed by atoms with Gasteiger partial charge in [0.25, 0.3) is 20.2 Å². The lowest BCUT2D eigenvalue weighted by Crippen LogP contribution is -2.55. The van der Waals surface area contributed by atoms with Crippen molar-refractivity contribution in [2.75, 3.05) is 62.2 Å². The molecule has 1 fully saturated rings. The molecule has 7 aliphatic rings. The number of fused-ring (bicyclic) bond motifs is 6. The largest absolute Gasteiger partial charge is 0.456 e. The summed E-state index contributed by atoms with van der Waals surface area (Å²) >= 11 is 0. The van der Waals surface area contributed by atoms with Crippen LogP contribution in [-0.2, 0) is 100 Å². The molecule has 682 valence electrons. The minimum absolute atomic E-state index is 0.00405. The monoisotopic (exact) mass is 1830 g/mol. The van der Waals surface area contributed by atoms with Crippen molar-refractivity contribution in [1.82, 2.24) is 30.1 Å². The van der Waals surface area contributed by atoms with Crippen molar-refractivity contribution in [2.45, 2.75) is 175 Å². The number of hydrogen-bond acceptors (Lipinski definition) is 17. The van der Waals surface area contributed by atoms with Gasteiger partial charge in [-0.2, -0.15) is 30.3 Å². The van der Waals surface area contributed by atoms with E-state index in [0.717, 1.165) is 87.6 Å². The smallest absolute Gasteiger partial charge is 0.408 e. The van der Waals surface area contributed by atoms with E-state index < -0.39 is 101 Å². The Labute approximate surface area is 764 Å². The fourth-order valence-electron chi connectivity index (χ4n) is 18.6. The Balaban J connectivity index is 0.577. The zero-order valence-corrected chi connectivity index (χ0v) is 77.0. The van der Waals surface area contributed by atoms with Crippen molar-refractivity contribution in [3.8, 4) is 22.5 Å². The molecule has 131 heavy (non-hydrogen) atoms. The number of carbonyl (C=O) groups is 6. The SMILES string of the molecule is CC[N+]1=C(/C=C/C=C/C=C2\N(CCCCCC(=O)NCCCC[C@H](NC(=O)[C@H](Cc3ccccc3)NC(=O)OCc3ccccc3)C(=O)COC(=O)C(C)(C)NC(=O)C3CCN(S(=O)(=O)c4ccccc4-c4c5ccc(=[N+]6CCc7ccccc76)cc-5oc5cc(N6CCc7ccccc76)ccc45)CC3)c3ccc(S(=O)(=O)O)cc3C2(C)C)C(C)(C)c2cc(S(=O)(=O)O)ccc21. The Morgan fingerprint density at radius 1 is 0.626 bits per heavy atom. The van der Waals surface area contributed by atoms with Gasteiger partial charge in [0.2, 0.25) is 44.5 Å². The number of esters is 1. The Kier molecular flexibility index (Phi) is 27.9. The van der Waals surface area contributed by atoms with E-state index in [0.29, 0.717) is 77.9 Å². The van der Waals surface area contributed by atoms with E-state index in [9.17, 15) is 54.7 Å². The van der Waals surface area contributed by atoms with Crippen LogP contribution in [0, 0.1) is 5.92 Å². The van der Waals surface area contributed by atoms with Crippen LogP contribution in [0.3, 0.4) is 0 Å². The van der Waals surface area contributed by atoms with Crippen LogP contribution in [0.15, 0.2) is 261 Å². The molecule has 0 saturated carbocycles. The highest BCUT2D eigenvalue weighted by Gasteiger charge is 2.46. The highest BCUT2D eigenvalue weighted by Crippen LogP contribution is 2.50. The molecule has 29 heteroatoms. The third-order valence-corrected chi connectivity index (χ3v) is 29.3. The van der Waals surface area contributed by atoms with E-state index in [2.05, 4.69) is 76.6 Å². The molecule has 1 saturated heterocycles. The Hall–Kier alpha value is -12.5. The minimum Gasteiger partial charge on any atom is -0.456 e. The maximum absolute atomic E-state index is 15.4. The van der Waals surface area contributed by atoms with Gasteiger partial charge in [-0.15, -0.1) is 0 Å². The van der Waals surface area contributed by atoms with Crippen LogP contribution >= 0.6 is 0 Å². The van der Waals surface area contributed by atoms with Crippen LogP contribution < -0.4 is 41.0 Å². The summed E-state index contributed by atoms with van der Waals surface area (Å²) < 4.78 is 124. The first-order chi connectivity index (χ1) is 62.7. The number of alkyl carbamates (subject to hydrolysis) is 1. The zero-order chi connectivity index (χ0) is 92.7. The predicted octanol–water partition coefficient (Wildman–Crippen LogP) is 15.2. The number of anilines is 3. The van der Waals surface area contributed by atoms with Gasteiger partial charge in [-0.3, -0.25) is 28.3 Å². The molecule has 2 atom stereocenters. The second kappa shape index (κ2) is 39.3. The molecule has 1 aliphatic carbocycles. The number of ketones is 1. The average molecular weight is 1830 g/mol. The van der Waals surface area contributed by atoms with Gasteiger partial charge in [0.15, 0.2) is 24.6 Å². The molecular formula is C102H111N9O17S3+2. The van der Waals surface area contributed by atoms with E-state index in [1.165, 1.54) is 53.5 Å². The lowest BCUT2D eigenvalue weighted by molar-refractivity contribution is -0.433. The van der Waals surface area contributed by atoms with Gasteiger partial charge in [-0.1, -0.05) is 154 Å². The summed E-state index contributed by atoms with van der Waals surface area (Å²) in [5.41, 5.74) is 11.4. The lowest BCUT2D eigenvalue weighted by Gasteiger charge is -2.33. The van der Waals surface area contributed by atoms with E-state index in [1.807, 2.05) is 132 Å². The molecule has 6 aliphatic heterocycles. The standard InChI is InChI=1S/C102H109N9O17S3/c1-8-108-86-49-45-75(130(120,121)122)64-80(86)100(2,3)92(108)40-17-11-18-41-93-101(4,5)81-65-76(131(123,124)125)46-50-87(81)111(93)56-28-12-19-42-94(113)103-55-27-26-36-82(104-97(115)83(61-68-29-13-9-14-30-68)105-99(117)127-66-69-31-15-10-16-32-69)88(112)67-126-98(116)102(6,7)106-96(114)72-51-57-107(58-52-72)129(118,119)91-39-25-22-35-79(91)95-77-47-43-73(109-59-53-70-33-20-23-37-84(70)109)62-89(77)128-90-63-74(44-48-78(90)95)110-60-54-71-34-21-24-38-85(71)110/h9-11,13-18,20-25,29-35,37-41,43-50,62-65,72,82-83H,8,12,19,26-28,36,42,51-61,66-67H2,1-7H3,(H4-2,103,104,105,106,113,114,115,117,120,121,122,123,124,125)/p+2/t82-,83-/m0/s1. The van der Waals surface area contributed by atoms with E-state index in [1.54, 1.807) is 78.9 Å². The van der Waals surface area contributed by atoms with Crippen molar-refractivity contribution in [2.24, 2.45) is 5.92 Å². The van der Waals surface area contributed by atoms with Crippen LogP contribution in [0.2, 0.25) is 0 Å². The number of amides is 4. The van der Waals surface area contributed by atoms with Crippen molar-refractivity contribution in [3.05, 3.63) is 281 Å². The summed E-state index contributed by atoms with van der Waals surface area (Å²) in [6.07, 6.45) is 13.3. The van der Waals surface area contributed by atoms with Crippen LogP contribution in [0.4, 0.5) is 33.2 Å². The molecule has 6 N–H and O–H groups in total. The minimum atomic E-state index is -4.54. The van der Waals surface area contributed by atoms with E-state index >= 15 is 8.42 Å². The zero-order valence-electron chi connectivity index (χ0n) is 74.6. The molecular weight excluding hydrogens is 1720 g/mol. The van der Waals surface area contributed by atoms with Gasteiger partial charge in [-0.25, -0.2) is 18.0 Å². The number of ether oxygens (including phenoxy) is 2. The predicted molar refractivity (Wildman–Crippen MR) is 504 cm³/mol. The number of carbonyl (C=O) groups excluding carboxylic acids is 6. The van der Waals surface area contributed by atoms with Crippen LogP contribution in [0.1, 0.15) is 140 Å². The number of piperidine rings is 1. The molecule has 8 aromatic rings. The summed E-state index contributed by atoms with van der Waals surface area (Å²) in [6, 6.07) is 60.4. The molecule has 26 nitrogen and oxygen atoms in total. The molecule has 0 radical (unpaired) electrons. The summed E-state index contributed by atoms with van der Waals surface area (Å²) in [6.45, 7) is 14.7. The number of para-hydroxylation sites is 2. The number of nitrogens with zero attached hydrogens (tertiary/aromatic N) is 5. The number of hydrogen-bond donors (Lipinski definition) is 6. The Morgan fingerprint density at radius 2 is 1.31 bits per heavy atom. The fraction of sp³-hybridized carbons (Fsp3) is 0.333. The number of sulfonamides is 1. The second-order valence-corrected chi connectivity index (χ2v) is 40.3. The molecule has 0 spiro atoms. The molecule has 15 rings (SSSR count). The van der Waals surface area contributed by atoms with Gasteiger partial charge in [0.05, 0.1) is 32.2 Å². The van der Waals surface area contributed by atoms with Crippen LogP contribution in [-0.4, -0.2) is 155 Å². The molecule has 8 aromatic carbocycles. The molecule has 4 amide bonds. The normalized spacial score (nSPS) is 16.8. The molecule has 0 aromatic heterocycles. The highest BCUT2D eigenvalue weighted by atomic mass is 32.2. The van der Waals surface area contributed by atoms with Gasteiger partial charge < -0.3 is 45.0 Å². The second-order valence-electron chi connectivity index (χ2n) is 35.5. The van der Waals surface area contributed by atoms with Crippen molar-refractivity contribution >= 4 is 111 Å². The maximum Gasteiger partial charge on any atom is 0.408 e. The van der Waals surface area contributed by atoms with Crippen molar-refractivity contribution < 1.29 is 81.6 Å². The number of Topliss-reactive ketones (excluding diaryl/α,β-unsaturated/α-hetero) is 1. The Bertz CT molecular complexity index is 6610. The van der Waals surface area contributed by atoms with E-state index in [-0.39, 0.29) is 85.4 Å². The summed E-state index contributed by atoms with van der Waals surface area (Å²) in [4.78, 5) is 88.7. The molecule has 0 bridgehead atoms. The lowest BCUT2D eigenvalue weighted by atomic mass is 9.81. The third kappa shape index (κ3) is 20.6. The topological polar surface area (TPSA) is 341 Å². The summed E-state index contributed by atoms with van der Waals surface area (Å²) in [5.74, 6) is -3.26. The number of rotatable bonds is 34. The number of unbranched alkanes of at least 4 members (excludes halogenated alkanes) is 3. The number of allylic oxidation sites excluding steroid dienone is 6. The Morgan fingerprint density at radius 3 is 2.05 bits per heavy atom. The average Bonchev–Trinajstić information content (AvgIpc) is 1.68. The van der Waals surface area contributed by atoms with Crippen LogP contribution in [0.25, 0.3) is 33.4 Å². The van der Waals surface area contributed by atoms with Gasteiger partial charge in [0, 0.05) is 150 Å². The molecule has 6 heterocycles. The molecule has 0 unspecified atom stereocenters. The van der Waals surface area contributed by atoms with Crippen LogP contribution in [0.5, 0.6) is 0 Å². The number of benzene rings is 9. The van der Waals surface area contributed by atoms with E-state index in [4.69, 9.17) is 13.9 Å². The van der Waals surface area contributed by atoms with Gasteiger partial charge in [-0.05, 0) is 175 Å². The van der Waals surface area contributed by atoms with Gasteiger partial charge >= 0.3 is 12.1 Å². The fourth-order valence-corrected chi connectivity index (χ4v) is 21.3. The van der Waals surface area contributed by atoms with Crippen molar-refractivity contribution in [1.29, 1.82) is 0 Å². The maximum atomic E-state index is 15.4. The summed E-state index contributed by atoms with van der Waals surface area (Å²) in [7, 11) is -13.2. The first-order valence-electron chi connectivity index (χ1n) is 44.6. The number of nitrogens with one attached hydrogen (secondary N) is 4. The quantitative estimate of drug-likeness (QED) is 0.00545.